The predicted octanol–water partition coefficient (Wildman–Crippen LogP) is 0.807. The third-order valence-corrected chi connectivity index (χ3v) is 1.88. The SMILES string of the molecule is CC(=O)OCCOc1ccc[n+](O)c1Cl. The number of carbonyl (C=O) groups is 1. The quantitative estimate of drug-likeness (QED) is 0.274. The molecule has 1 heterocycles. The zero-order chi connectivity index (χ0) is 11.3. The molecule has 0 saturated heterocycles. The zero-order valence-corrected chi connectivity index (χ0v) is 8.90. The molecule has 0 atom stereocenters. The van der Waals surface area contributed by atoms with Crippen LogP contribution in [-0.2, 0) is 9.53 Å². The van der Waals surface area contributed by atoms with Crippen molar-refractivity contribution < 1.29 is 24.2 Å². The molecule has 0 aliphatic rings. The molecule has 0 unspecified atom stereocenters. The smallest absolute Gasteiger partial charge is 0.366 e. The van der Waals surface area contributed by atoms with Crippen LogP contribution in [0.15, 0.2) is 18.3 Å². The summed E-state index contributed by atoms with van der Waals surface area (Å²) in [5.41, 5.74) is 0. The highest BCUT2D eigenvalue weighted by atomic mass is 35.5. The van der Waals surface area contributed by atoms with Crippen LogP contribution in [0.5, 0.6) is 5.75 Å². The van der Waals surface area contributed by atoms with Gasteiger partial charge in [-0.2, -0.15) is 0 Å². The fourth-order valence-electron chi connectivity index (χ4n) is 0.904. The minimum Gasteiger partial charge on any atom is -0.483 e. The van der Waals surface area contributed by atoms with E-state index in [1.165, 1.54) is 13.1 Å². The number of nitrogens with zero attached hydrogens (tertiary/aromatic N) is 1. The summed E-state index contributed by atoms with van der Waals surface area (Å²) in [5.74, 6) is -0.0381. The van der Waals surface area contributed by atoms with Gasteiger partial charge in [0.2, 0.25) is 11.9 Å². The van der Waals surface area contributed by atoms with Gasteiger partial charge in [0, 0.05) is 17.7 Å². The largest absolute Gasteiger partial charge is 0.483 e. The molecule has 5 nitrogen and oxygen atoms in total. The number of halogens is 1. The summed E-state index contributed by atoms with van der Waals surface area (Å²) in [4.78, 5) is 10.4. The minimum atomic E-state index is -0.366. The van der Waals surface area contributed by atoms with Crippen LogP contribution in [0.2, 0.25) is 5.15 Å². The van der Waals surface area contributed by atoms with E-state index in [0.29, 0.717) is 5.75 Å². The van der Waals surface area contributed by atoms with Gasteiger partial charge in [-0.25, -0.2) is 0 Å². The highest BCUT2D eigenvalue weighted by Gasteiger charge is 2.13. The van der Waals surface area contributed by atoms with E-state index in [-0.39, 0.29) is 24.3 Å². The van der Waals surface area contributed by atoms with Crippen LogP contribution in [-0.4, -0.2) is 24.4 Å². The van der Waals surface area contributed by atoms with Gasteiger partial charge >= 0.3 is 11.1 Å². The predicted molar refractivity (Wildman–Crippen MR) is 51.0 cm³/mol. The van der Waals surface area contributed by atoms with E-state index in [4.69, 9.17) is 21.5 Å². The van der Waals surface area contributed by atoms with Gasteiger partial charge in [0.25, 0.3) is 0 Å². The normalized spacial score (nSPS) is 9.73. The summed E-state index contributed by atoms with van der Waals surface area (Å²) in [6.45, 7) is 1.65. The Morgan fingerprint density at radius 2 is 2.33 bits per heavy atom. The van der Waals surface area contributed by atoms with Crippen LogP contribution in [0, 0.1) is 0 Å². The summed E-state index contributed by atoms with van der Waals surface area (Å²) in [6.07, 6.45) is 1.38. The summed E-state index contributed by atoms with van der Waals surface area (Å²) in [5, 5.41) is 9.23. The first-order valence-electron chi connectivity index (χ1n) is 4.27. The van der Waals surface area contributed by atoms with E-state index < -0.39 is 0 Å². The Morgan fingerprint density at radius 1 is 1.60 bits per heavy atom. The first kappa shape index (κ1) is 11.6. The fourth-order valence-corrected chi connectivity index (χ4v) is 1.08. The molecule has 6 heteroatoms. The lowest BCUT2D eigenvalue weighted by molar-refractivity contribution is -0.903. The molecule has 1 aromatic heterocycles. The second kappa shape index (κ2) is 5.41. The summed E-state index contributed by atoms with van der Waals surface area (Å²) >= 11 is 5.71. The first-order valence-corrected chi connectivity index (χ1v) is 4.64. The first-order chi connectivity index (χ1) is 7.11. The van der Waals surface area contributed by atoms with Gasteiger partial charge in [0.05, 0.1) is 0 Å². The van der Waals surface area contributed by atoms with E-state index in [2.05, 4.69) is 4.74 Å². The molecule has 0 saturated carbocycles. The molecule has 0 amide bonds. The number of rotatable bonds is 4. The van der Waals surface area contributed by atoms with Crippen LogP contribution < -0.4 is 9.47 Å². The number of esters is 1. The molecule has 0 aliphatic heterocycles. The molecule has 1 rings (SSSR count). The molecule has 0 bridgehead atoms. The van der Waals surface area contributed by atoms with Gasteiger partial charge in [-0.05, 0) is 17.7 Å². The van der Waals surface area contributed by atoms with Gasteiger partial charge in [-0.1, -0.05) is 0 Å². The van der Waals surface area contributed by atoms with Crippen molar-refractivity contribution in [3.8, 4) is 5.75 Å². The van der Waals surface area contributed by atoms with Crippen molar-refractivity contribution in [1.82, 2.24) is 0 Å². The minimum absolute atomic E-state index is 0.0697. The molecule has 15 heavy (non-hydrogen) atoms. The van der Waals surface area contributed by atoms with Crippen molar-refractivity contribution in [2.75, 3.05) is 13.2 Å². The molecule has 1 aromatic rings. The third kappa shape index (κ3) is 3.63. The highest BCUT2D eigenvalue weighted by molar-refractivity contribution is 6.29. The van der Waals surface area contributed by atoms with Crippen molar-refractivity contribution in [3.63, 3.8) is 0 Å². The number of aromatic nitrogens is 1. The van der Waals surface area contributed by atoms with E-state index >= 15 is 0 Å². The maximum Gasteiger partial charge on any atom is 0.366 e. The second-order valence-corrected chi connectivity index (χ2v) is 3.05. The lowest BCUT2D eigenvalue weighted by atomic mass is 10.4. The van der Waals surface area contributed by atoms with Crippen LogP contribution >= 0.6 is 11.6 Å². The highest BCUT2D eigenvalue weighted by Crippen LogP contribution is 2.18. The van der Waals surface area contributed by atoms with Gasteiger partial charge in [0.1, 0.15) is 13.2 Å². The topological polar surface area (TPSA) is 59.6 Å². The monoisotopic (exact) mass is 232 g/mol. The van der Waals surface area contributed by atoms with E-state index in [0.717, 1.165) is 4.73 Å². The van der Waals surface area contributed by atoms with Crippen LogP contribution in [0.25, 0.3) is 0 Å². The number of ether oxygens (including phenoxy) is 2. The zero-order valence-electron chi connectivity index (χ0n) is 8.14. The molecular weight excluding hydrogens is 222 g/mol. The molecule has 82 valence electrons. The molecule has 0 radical (unpaired) electrons. The van der Waals surface area contributed by atoms with Crippen LogP contribution in [0.3, 0.4) is 0 Å². The van der Waals surface area contributed by atoms with Crippen molar-refractivity contribution in [3.05, 3.63) is 23.5 Å². The van der Waals surface area contributed by atoms with Gasteiger partial charge in [-0.3, -0.25) is 10.0 Å². The Labute approximate surface area is 91.8 Å². The number of hydrogen-bond donors (Lipinski definition) is 1. The number of pyridine rings is 1. The number of carbonyl (C=O) groups excluding carboxylic acids is 1. The Balaban J connectivity index is 2.44. The fraction of sp³-hybridized carbons (Fsp3) is 0.333. The number of hydrogen-bond acceptors (Lipinski definition) is 4. The summed E-state index contributed by atoms with van der Waals surface area (Å²) in [6, 6.07) is 3.18. The second-order valence-electron chi connectivity index (χ2n) is 2.70. The molecule has 0 aliphatic carbocycles. The third-order valence-electron chi connectivity index (χ3n) is 1.53. The molecule has 0 spiro atoms. The van der Waals surface area contributed by atoms with Gasteiger partial charge in [-0.15, -0.1) is 0 Å². The Bertz CT molecular complexity index is 356. The lowest BCUT2D eigenvalue weighted by Gasteiger charge is -2.04. The summed E-state index contributed by atoms with van der Waals surface area (Å²) in [7, 11) is 0. The Kier molecular flexibility index (Phi) is 4.17. The molecular formula is C9H11ClNO4+. The molecule has 1 N–H and O–H groups in total. The standard InChI is InChI=1S/C9H11ClNO4/c1-7(12)14-5-6-15-8-3-2-4-11(13)9(8)10/h2-4,13H,5-6H2,1H3/q+1. The van der Waals surface area contributed by atoms with Crippen LogP contribution in [0.1, 0.15) is 6.92 Å². The Hall–Kier alpha value is -1.49. The maximum atomic E-state index is 10.4. The van der Waals surface area contributed by atoms with Crippen LogP contribution in [0.4, 0.5) is 0 Å². The van der Waals surface area contributed by atoms with E-state index in [9.17, 15) is 4.79 Å². The van der Waals surface area contributed by atoms with Gasteiger partial charge in [0.15, 0.2) is 0 Å². The molecule has 0 fully saturated rings. The van der Waals surface area contributed by atoms with Crippen molar-refractivity contribution >= 4 is 17.6 Å². The van der Waals surface area contributed by atoms with Gasteiger partial charge < -0.3 is 9.47 Å². The summed E-state index contributed by atoms with van der Waals surface area (Å²) < 4.78 is 10.6. The maximum absolute atomic E-state index is 10.4. The van der Waals surface area contributed by atoms with Crippen molar-refractivity contribution in [2.45, 2.75) is 6.92 Å². The van der Waals surface area contributed by atoms with E-state index in [1.54, 1.807) is 12.1 Å². The van der Waals surface area contributed by atoms with Crippen molar-refractivity contribution in [1.29, 1.82) is 0 Å². The van der Waals surface area contributed by atoms with E-state index in [1.807, 2.05) is 0 Å². The average molecular weight is 233 g/mol. The average Bonchev–Trinajstić information content (AvgIpc) is 2.18. The van der Waals surface area contributed by atoms with Crippen molar-refractivity contribution in [2.24, 2.45) is 0 Å². The lowest BCUT2D eigenvalue weighted by Crippen LogP contribution is -2.31. The Morgan fingerprint density at radius 3 is 3.00 bits per heavy atom. The molecule has 0 aromatic carbocycles.